The first-order valence-electron chi connectivity index (χ1n) is 7.38. The zero-order chi connectivity index (χ0) is 16.3. The topological polar surface area (TPSA) is 69.7 Å². The molecule has 0 bridgehead atoms. The monoisotopic (exact) mass is 304 g/mol. The summed E-state index contributed by atoms with van der Waals surface area (Å²) in [5.74, 6) is -4.04. The Balaban J connectivity index is 2.13. The molecule has 0 saturated carbocycles. The first kappa shape index (κ1) is 16.2. The Bertz CT molecular complexity index is 556. The Kier molecular flexibility index (Phi) is 4.64. The second-order valence-corrected chi connectivity index (χ2v) is 5.88. The van der Waals surface area contributed by atoms with Crippen LogP contribution in [0.4, 0.5) is 0 Å². The van der Waals surface area contributed by atoms with Crippen LogP contribution < -0.4 is 0 Å². The van der Waals surface area contributed by atoms with E-state index in [0.29, 0.717) is 12.0 Å². The van der Waals surface area contributed by atoms with E-state index in [9.17, 15) is 14.4 Å². The molecule has 0 aromatic heterocycles. The predicted molar refractivity (Wildman–Crippen MR) is 78.9 cm³/mol. The van der Waals surface area contributed by atoms with Crippen molar-refractivity contribution < 1.29 is 23.9 Å². The number of rotatable bonds is 5. The molecule has 1 aromatic carbocycles. The normalized spacial score (nSPS) is 19.2. The van der Waals surface area contributed by atoms with Crippen molar-refractivity contribution in [3.05, 3.63) is 35.9 Å². The second kappa shape index (κ2) is 6.30. The van der Waals surface area contributed by atoms with Gasteiger partial charge in [0.1, 0.15) is 0 Å². The number of ketones is 1. The summed E-state index contributed by atoms with van der Waals surface area (Å²) in [6.45, 7) is 4.85. The van der Waals surface area contributed by atoms with Gasteiger partial charge in [0.25, 0.3) is 5.79 Å². The number of hydrogen-bond acceptors (Lipinski definition) is 5. The molecule has 22 heavy (non-hydrogen) atoms. The summed E-state index contributed by atoms with van der Waals surface area (Å²) in [7, 11) is 0. The van der Waals surface area contributed by atoms with Crippen LogP contribution in [0, 0.1) is 11.8 Å². The van der Waals surface area contributed by atoms with Crippen LogP contribution in [0.5, 0.6) is 0 Å². The summed E-state index contributed by atoms with van der Waals surface area (Å²) < 4.78 is 10.3. The highest BCUT2D eigenvalue weighted by Gasteiger charge is 2.46. The van der Waals surface area contributed by atoms with Crippen LogP contribution in [0.1, 0.15) is 44.0 Å². The minimum absolute atomic E-state index is 0.0992. The van der Waals surface area contributed by atoms with Crippen molar-refractivity contribution >= 4 is 17.7 Å². The molecule has 0 N–H and O–H groups in total. The van der Waals surface area contributed by atoms with Crippen LogP contribution in [0.3, 0.4) is 0 Å². The number of hydrogen-bond donors (Lipinski definition) is 0. The van der Waals surface area contributed by atoms with Crippen molar-refractivity contribution in [3.63, 3.8) is 0 Å². The fourth-order valence-corrected chi connectivity index (χ4v) is 2.59. The number of cyclic esters (lactones) is 2. The predicted octanol–water partition coefficient (Wildman–Crippen LogP) is 2.74. The van der Waals surface area contributed by atoms with Crippen molar-refractivity contribution in [3.8, 4) is 0 Å². The number of carbonyl (C=O) groups is 3. The quantitative estimate of drug-likeness (QED) is 0.475. The van der Waals surface area contributed by atoms with E-state index >= 15 is 0 Å². The Morgan fingerprint density at radius 2 is 1.68 bits per heavy atom. The van der Waals surface area contributed by atoms with Crippen LogP contribution in [-0.4, -0.2) is 23.5 Å². The van der Waals surface area contributed by atoms with Gasteiger partial charge < -0.3 is 9.47 Å². The standard InChI is InChI=1S/C17H20O5/c1-4-11(10-13(18)12-8-6-5-7-9-12)14-15(19)21-17(2,3)22-16(14)20/h5-9,11,14H,4,10H2,1-3H3. The van der Waals surface area contributed by atoms with E-state index in [0.717, 1.165) is 0 Å². The molecule has 0 amide bonds. The van der Waals surface area contributed by atoms with Gasteiger partial charge in [-0.2, -0.15) is 0 Å². The Morgan fingerprint density at radius 1 is 1.14 bits per heavy atom. The molecule has 5 nitrogen and oxygen atoms in total. The smallest absolute Gasteiger partial charge is 0.323 e. The molecular formula is C17H20O5. The maximum atomic E-state index is 12.3. The molecule has 0 aliphatic carbocycles. The number of Topliss-reactive ketones (excluding diaryl/α,β-unsaturated/α-hetero) is 1. The average Bonchev–Trinajstić information content (AvgIpc) is 2.44. The molecule has 1 unspecified atom stereocenters. The lowest BCUT2D eigenvalue weighted by Gasteiger charge is -2.35. The zero-order valence-corrected chi connectivity index (χ0v) is 13.0. The van der Waals surface area contributed by atoms with Gasteiger partial charge in [-0.05, 0) is 5.92 Å². The van der Waals surface area contributed by atoms with Crippen LogP contribution in [0.15, 0.2) is 30.3 Å². The van der Waals surface area contributed by atoms with Crippen molar-refractivity contribution in [1.29, 1.82) is 0 Å². The molecule has 1 heterocycles. The van der Waals surface area contributed by atoms with Gasteiger partial charge in [0.2, 0.25) is 0 Å². The molecule has 1 aliphatic rings. The van der Waals surface area contributed by atoms with Gasteiger partial charge in [-0.1, -0.05) is 43.7 Å². The lowest BCUT2D eigenvalue weighted by atomic mass is 9.84. The Labute approximate surface area is 129 Å². The molecule has 0 spiro atoms. The first-order valence-corrected chi connectivity index (χ1v) is 7.38. The molecule has 1 saturated heterocycles. The number of carbonyl (C=O) groups excluding carboxylic acids is 3. The third-order valence-electron chi connectivity index (χ3n) is 3.74. The van der Waals surface area contributed by atoms with E-state index in [1.165, 1.54) is 13.8 Å². The van der Waals surface area contributed by atoms with E-state index in [1.807, 2.05) is 13.0 Å². The third kappa shape index (κ3) is 3.53. The summed E-state index contributed by atoms with van der Waals surface area (Å²) in [5, 5.41) is 0. The van der Waals surface area contributed by atoms with E-state index in [4.69, 9.17) is 9.47 Å². The summed E-state index contributed by atoms with van der Waals surface area (Å²) in [4.78, 5) is 36.5. The molecule has 0 radical (unpaired) electrons. The molecule has 5 heteroatoms. The summed E-state index contributed by atoms with van der Waals surface area (Å²) in [6, 6.07) is 8.82. The van der Waals surface area contributed by atoms with Gasteiger partial charge in [-0.25, -0.2) is 0 Å². The molecule has 118 valence electrons. The number of benzene rings is 1. The first-order chi connectivity index (χ1) is 10.3. The second-order valence-electron chi connectivity index (χ2n) is 5.88. The fraction of sp³-hybridized carbons (Fsp3) is 0.471. The van der Waals surface area contributed by atoms with Gasteiger partial charge in [0.15, 0.2) is 11.7 Å². The minimum atomic E-state index is -1.24. The van der Waals surface area contributed by atoms with Gasteiger partial charge in [0, 0.05) is 25.8 Å². The molecular weight excluding hydrogens is 284 g/mol. The van der Waals surface area contributed by atoms with Gasteiger partial charge in [-0.15, -0.1) is 0 Å². The highest BCUT2D eigenvalue weighted by molar-refractivity contribution is 6.00. The minimum Gasteiger partial charge on any atom is -0.422 e. The van der Waals surface area contributed by atoms with Gasteiger partial charge in [0.05, 0.1) is 0 Å². The summed E-state index contributed by atoms with van der Waals surface area (Å²) in [6.07, 6.45) is 0.615. The maximum Gasteiger partial charge on any atom is 0.323 e. The van der Waals surface area contributed by atoms with Gasteiger partial charge >= 0.3 is 11.9 Å². The van der Waals surface area contributed by atoms with E-state index in [1.54, 1.807) is 24.3 Å². The van der Waals surface area contributed by atoms with Crippen LogP contribution in [0.2, 0.25) is 0 Å². The molecule has 2 rings (SSSR count). The summed E-state index contributed by atoms with van der Waals surface area (Å²) >= 11 is 0. The highest BCUT2D eigenvalue weighted by atomic mass is 16.7. The SMILES string of the molecule is CCC(CC(=O)c1ccccc1)C1C(=O)OC(C)(C)OC1=O. The summed E-state index contributed by atoms with van der Waals surface area (Å²) in [5.41, 5.74) is 0.568. The van der Waals surface area contributed by atoms with Crippen molar-refractivity contribution in [2.45, 2.75) is 39.4 Å². The third-order valence-corrected chi connectivity index (χ3v) is 3.74. The van der Waals surface area contributed by atoms with E-state index in [2.05, 4.69) is 0 Å². The van der Waals surface area contributed by atoms with Crippen LogP contribution in [-0.2, 0) is 19.1 Å². The van der Waals surface area contributed by atoms with Crippen LogP contribution >= 0.6 is 0 Å². The van der Waals surface area contributed by atoms with E-state index < -0.39 is 29.6 Å². The maximum absolute atomic E-state index is 12.3. The zero-order valence-electron chi connectivity index (χ0n) is 13.0. The number of ether oxygens (including phenoxy) is 2. The van der Waals surface area contributed by atoms with Crippen molar-refractivity contribution in [2.75, 3.05) is 0 Å². The van der Waals surface area contributed by atoms with Crippen LogP contribution in [0.25, 0.3) is 0 Å². The average molecular weight is 304 g/mol. The molecule has 1 aliphatic heterocycles. The highest BCUT2D eigenvalue weighted by Crippen LogP contribution is 2.31. The van der Waals surface area contributed by atoms with Crippen molar-refractivity contribution in [2.24, 2.45) is 11.8 Å². The van der Waals surface area contributed by atoms with Crippen molar-refractivity contribution in [1.82, 2.24) is 0 Å². The Hall–Kier alpha value is -2.17. The van der Waals surface area contributed by atoms with Gasteiger partial charge in [-0.3, -0.25) is 14.4 Å². The fourth-order valence-electron chi connectivity index (χ4n) is 2.59. The lowest BCUT2D eigenvalue weighted by Crippen LogP contribution is -2.49. The molecule has 1 fully saturated rings. The Morgan fingerprint density at radius 3 is 2.18 bits per heavy atom. The number of esters is 2. The molecule has 1 atom stereocenters. The lowest BCUT2D eigenvalue weighted by molar-refractivity contribution is -0.242. The molecule has 1 aromatic rings. The van der Waals surface area contributed by atoms with E-state index in [-0.39, 0.29) is 12.2 Å². The largest absolute Gasteiger partial charge is 0.422 e.